The zero-order valence-electron chi connectivity index (χ0n) is 11.3. The second kappa shape index (κ2) is 5.56. The van der Waals surface area contributed by atoms with Gasteiger partial charge in [0, 0.05) is 21.2 Å². The molecule has 0 amide bonds. The molecule has 0 aliphatic carbocycles. The van der Waals surface area contributed by atoms with E-state index in [4.69, 9.17) is 22.5 Å². The minimum absolute atomic E-state index is 0.635. The molecule has 0 unspecified atom stereocenters. The van der Waals surface area contributed by atoms with Crippen LogP contribution in [0.15, 0.2) is 40.1 Å². The van der Waals surface area contributed by atoms with E-state index in [1.807, 2.05) is 30.3 Å². The molecule has 0 saturated carbocycles. The molecule has 4 N–H and O–H groups in total. The fourth-order valence-corrected chi connectivity index (χ4v) is 4.33. The largest absolute Gasteiger partial charge is 0.398 e. The summed E-state index contributed by atoms with van der Waals surface area (Å²) in [6.45, 7) is 4.15. The van der Waals surface area contributed by atoms with E-state index in [0.717, 1.165) is 26.1 Å². The van der Waals surface area contributed by atoms with Crippen molar-refractivity contribution in [3.63, 3.8) is 0 Å². The molecule has 106 valence electrons. The molecular weight excluding hydrogens is 324 g/mol. The first kappa shape index (κ1) is 15.6. The Kier molecular flexibility index (Phi) is 4.34. The van der Waals surface area contributed by atoms with Gasteiger partial charge in [0.25, 0.3) is 0 Å². The number of hydrogen-bond donors (Lipinski definition) is 4. The normalized spacial score (nSPS) is 11.7. The Morgan fingerprint density at radius 3 is 2.10 bits per heavy atom. The number of hydrogen-bond acceptors (Lipinski definition) is 4. The van der Waals surface area contributed by atoms with E-state index >= 15 is 0 Å². The summed E-state index contributed by atoms with van der Waals surface area (Å²) < 4.78 is 0. The van der Waals surface area contributed by atoms with Gasteiger partial charge in [-0.2, -0.15) is 11.1 Å². The summed E-state index contributed by atoms with van der Waals surface area (Å²) in [6.07, 6.45) is 0. The SMILES string of the molecule is C[Si](C)(Cl)c1cc(S)c(N)cc1-c1ccc(S)c(N)c1. The van der Waals surface area contributed by atoms with Crippen molar-refractivity contribution >= 4 is 60.3 Å². The van der Waals surface area contributed by atoms with Gasteiger partial charge in [0.1, 0.15) is 0 Å². The van der Waals surface area contributed by atoms with Crippen LogP contribution < -0.4 is 16.7 Å². The Hall–Kier alpha value is -0.753. The molecule has 0 fully saturated rings. The average Bonchev–Trinajstić information content (AvgIpc) is 2.34. The fraction of sp³-hybridized carbons (Fsp3) is 0.143. The van der Waals surface area contributed by atoms with E-state index in [2.05, 4.69) is 38.4 Å². The monoisotopic (exact) mass is 340 g/mol. The summed E-state index contributed by atoms with van der Waals surface area (Å²) in [5.41, 5.74) is 15.2. The third-order valence-electron chi connectivity index (χ3n) is 3.15. The van der Waals surface area contributed by atoms with Crippen LogP contribution in [0.1, 0.15) is 0 Å². The standard InChI is InChI=1S/C14H17ClN2S2Si/c1-20(2,15)14-7-13(19)11(17)6-9(14)8-3-4-12(18)10(16)5-8/h3-7,18-19H,16-17H2,1-2H3. The fourth-order valence-electron chi connectivity index (χ4n) is 2.06. The van der Waals surface area contributed by atoms with Gasteiger partial charge in [0.05, 0.1) is 0 Å². The van der Waals surface area contributed by atoms with Gasteiger partial charge in [-0.1, -0.05) is 19.2 Å². The highest BCUT2D eigenvalue weighted by molar-refractivity contribution is 7.80. The molecule has 2 rings (SSSR count). The second-order valence-electron chi connectivity index (χ2n) is 5.20. The lowest BCUT2D eigenvalue weighted by Crippen LogP contribution is -2.36. The topological polar surface area (TPSA) is 52.0 Å². The molecule has 0 aliphatic rings. The number of benzene rings is 2. The van der Waals surface area contributed by atoms with Crippen molar-refractivity contribution in [1.29, 1.82) is 0 Å². The van der Waals surface area contributed by atoms with Crippen LogP contribution in [0.3, 0.4) is 0 Å². The zero-order valence-corrected chi connectivity index (χ0v) is 14.9. The van der Waals surface area contributed by atoms with Gasteiger partial charge >= 0.3 is 0 Å². The number of thiol groups is 2. The molecule has 0 bridgehead atoms. The van der Waals surface area contributed by atoms with Crippen LogP contribution in [0.25, 0.3) is 11.1 Å². The van der Waals surface area contributed by atoms with Crippen LogP contribution in [-0.4, -0.2) is 7.38 Å². The summed E-state index contributed by atoms with van der Waals surface area (Å²) in [5, 5.41) is 1.10. The molecule has 0 aromatic heterocycles. The highest BCUT2D eigenvalue weighted by atomic mass is 35.6. The van der Waals surface area contributed by atoms with Gasteiger partial charge in [-0.15, -0.1) is 25.3 Å². The third kappa shape index (κ3) is 3.11. The van der Waals surface area contributed by atoms with Gasteiger partial charge in [-0.05, 0) is 40.6 Å². The van der Waals surface area contributed by atoms with Crippen LogP contribution in [0.5, 0.6) is 0 Å². The maximum atomic E-state index is 6.63. The van der Waals surface area contributed by atoms with Crippen molar-refractivity contribution in [2.45, 2.75) is 22.9 Å². The van der Waals surface area contributed by atoms with E-state index < -0.39 is 7.38 Å². The van der Waals surface area contributed by atoms with Gasteiger partial charge in [-0.25, -0.2) is 0 Å². The van der Waals surface area contributed by atoms with Crippen molar-refractivity contribution in [2.24, 2.45) is 0 Å². The molecule has 20 heavy (non-hydrogen) atoms. The van der Waals surface area contributed by atoms with Crippen molar-refractivity contribution in [1.82, 2.24) is 0 Å². The maximum absolute atomic E-state index is 6.63. The number of anilines is 2. The highest BCUT2D eigenvalue weighted by Crippen LogP contribution is 2.30. The summed E-state index contributed by atoms with van der Waals surface area (Å²) in [6, 6.07) is 9.65. The molecule has 0 spiro atoms. The zero-order chi connectivity index (χ0) is 15.1. The Bertz CT molecular complexity index is 669. The van der Waals surface area contributed by atoms with Crippen molar-refractivity contribution in [3.8, 4) is 11.1 Å². The molecule has 6 heteroatoms. The second-order valence-corrected chi connectivity index (χ2v) is 12.5. The summed E-state index contributed by atoms with van der Waals surface area (Å²) in [4.78, 5) is 1.51. The van der Waals surface area contributed by atoms with Crippen LogP contribution in [0.4, 0.5) is 11.4 Å². The predicted molar refractivity (Wildman–Crippen MR) is 98.2 cm³/mol. The van der Waals surface area contributed by atoms with Crippen molar-refractivity contribution in [3.05, 3.63) is 30.3 Å². The third-order valence-corrected chi connectivity index (χ3v) is 6.25. The Morgan fingerprint density at radius 2 is 1.55 bits per heavy atom. The number of nitrogens with two attached hydrogens (primary N) is 2. The summed E-state index contributed by atoms with van der Waals surface area (Å²) in [7, 11) is -2.04. The maximum Gasteiger partial charge on any atom is 0.181 e. The highest BCUT2D eigenvalue weighted by Gasteiger charge is 2.25. The molecule has 2 nitrogen and oxygen atoms in total. The molecule has 2 aromatic carbocycles. The van der Waals surface area contributed by atoms with Gasteiger partial charge in [0.2, 0.25) is 0 Å². The average molecular weight is 341 g/mol. The first-order chi connectivity index (χ1) is 9.20. The Balaban J connectivity index is 2.72. The van der Waals surface area contributed by atoms with Crippen LogP contribution in [0.2, 0.25) is 13.1 Å². The predicted octanol–water partition coefficient (Wildman–Crippen LogP) is 3.75. The van der Waals surface area contributed by atoms with Gasteiger partial charge in [-0.3, -0.25) is 0 Å². The minimum Gasteiger partial charge on any atom is -0.398 e. The van der Waals surface area contributed by atoms with Crippen molar-refractivity contribution in [2.75, 3.05) is 11.5 Å². The van der Waals surface area contributed by atoms with E-state index in [0.29, 0.717) is 11.4 Å². The van der Waals surface area contributed by atoms with E-state index in [-0.39, 0.29) is 0 Å². The molecule has 0 aliphatic heterocycles. The smallest absolute Gasteiger partial charge is 0.181 e. The quantitative estimate of drug-likeness (QED) is 0.291. The number of rotatable bonds is 2. The van der Waals surface area contributed by atoms with Crippen LogP contribution >= 0.6 is 36.3 Å². The Labute approximate surface area is 136 Å². The summed E-state index contributed by atoms with van der Waals surface area (Å²) in [5.74, 6) is 0. The number of nitrogen functional groups attached to an aromatic ring is 2. The lowest BCUT2D eigenvalue weighted by molar-refractivity contribution is 1.45. The molecule has 2 aromatic rings. The van der Waals surface area contributed by atoms with Gasteiger partial charge < -0.3 is 11.5 Å². The van der Waals surface area contributed by atoms with E-state index in [1.165, 1.54) is 0 Å². The van der Waals surface area contributed by atoms with Crippen molar-refractivity contribution < 1.29 is 0 Å². The number of halogens is 1. The molecule has 0 heterocycles. The lowest BCUT2D eigenvalue weighted by atomic mass is 10.0. The van der Waals surface area contributed by atoms with E-state index in [1.54, 1.807) is 0 Å². The lowest BCUT2D eigenvalue weighted by Gasteiger charge is -2.21. The van der Waals surface area contributed by atoms with E-state index in [9.17, 15) is 0 Å². The Morgan fingerprint density at radius 1 is 0.950 bits per heavy atom. The first-order valence-corrected chi connectivity index (χ1v) is 11.0. The molecule has 0 atom stereocenters. The van der Waals surface area contributed by atoms with Crippen LogP contribution in [-0.2, 0) is 0 Å². The summed E-state index contributed by atoms with van der Waals surface area (Å²) >= 11 is 15.3. The minimum atomic E-state index is -2.04. The first-order valence-electron chi connectivity index (χ1n) is 6.11. The molecular formula is C14H17ClN2S2Si. The van der Waals surface area contributed by atoms with Crippen LogP contribution in [0, 0.1) is 0 Å². The molecule has 0 radical (unpaired) electrons. The van der Waals surface area contributed by atoms with Gasteiger partial charge in [0.15, 0.2) is 7.38 Å². The molecule has 0 saturated heterocycles.